The molecule has 0 bridgehead atoms. The van der Waals surface area contributed by atoms with Gasteiger partial charge in [-0.25, -0.2) is 0 Å². The average Bonchev–Trinajstić information content (AvgIpc) is 1.36. The molecule has 0 aliphatic rings. The predicted molar refractivity (Wildman–Crippen MR) is 45.3 cm³/mol. The zero-order valence-corrected chi connectivity index (χ0v) is 6.50. The smallest absolute Gasteiger partial charge is 0 e. The summed E-state index contributed by atoms with van der Waals surface area (Å²) < 4.78 is 0. The molecule has 0 radical (unpaired) electrons. The number of hydrogen-bond donors (Lipinski definition) is 0. The number of rotatable bonds is 0. The molecule has 56 valence electrons. The van der Waals surface area contributed by atoms with Gasteiger partial charge < -0.3 is 0 Å². The summed E-state index contributed by atoms with van der Waals surface area (Å²) in [6.45, 7) is 12.8. The number of hydrogen-bond acceptors (Lipinski definition) is 0. The average molecular weight is 121 g/mol. The Balaban J connectivity index is -0.0000000286. The summed E-state index contributed by atoms with van der Waals surface area (Å²) >= 11 is 0. The van der Waals surface area contributed by atoms with Gasteiger partial charge in [0.05, 0.1) is 0 Å². The quantitative estimate of drug-likeness (QED) is 0.455. The van der Waals surface area contributed by atoms with Crippen molar-refractivity contribution in [1.82, 2.24) is 0 Å². The highest BCUT2D eigenvalue weighted by atomic mass is 14.0. The lowest BCUT2D eigenvalue weighted by atomic mass is 10.0. The van der Waals surface area contributed by atoms with Crippen LogP contribution in [0.25, 0.3) is 0 Å². The summed E-state index contributed by atoms with van der Waals surface area (Å²) in [5.74, 6) is 0. The van der Waals surface area contributed by atoms with E-state index in [-0.39, 0.29) is 8.85 Å². The van der Waals surface area contributed by atoms with Crippen LogP contribution in [0.15, 0.2) is 0 Å². The third kappa shape index (κ3) is 0. The highest BCUT2D eigenvalue weighted by Gasteiger charge is 1.95. The van der Waals surface area contributed by atoms with Crippen LogP contribution < -0.4 is 0 Å². The van der Waals surface area contributed by atoms with Gasteiger partial charge in [0, 0.05) is 1.43 Å². The molecule has 0 spiro atoms. The van der Waals surface area contributed by atoms with Gasteiger partial charge >= 0.3 is 0 Å². The molecule has 0 nitrogen and oxygen atoms in total. The Kier molecular flexibility index (Phi) is 13.7. The van der Waals surface area contributed by atoms with Gasteiger partial charge in [-0.15, -0.1) is 0 Å². The Hall–Kier alpha value is 0. The van der Waals surface area contributed by atoms with Crippen molar-refractivity contribution in [2.75, 3.05) is 0 Å². The fourth-order valence-electron chi connectivity index (χ4n) is 0. The Labute approximate surface area is 56.8 Å². The van der Waals surface area contributed by atoms with Crippen molar-refractivity contribution in [3.63, 3.8) is 0 Å². The minimum absolute atomic E-state index is 0. The van der Waals surface area contributed by atoms with Crippen molar-refractivity contribution in [1.29, 1.82) is 0 Å². The molecule has 0 amide bonds. The Morgan fingerprint density at radius 3 is 0.875 bits per heavy atom. The minimum atomic E-state index is 0. The zero-order chi connectivity index (χ0) is 6.50. The van der Waals surface area contributed by atoms with Gasteiger partial charge in [-0.2, -0.15) is 0 Å². The molecular formula is C8H24. The van der Waals surface area contributed by atoms with Crippen LogP contribution in [0.2, 0.25) is 0 Å². The molecule has 0 unspecified atom stereocenters. The molecule has 0 aliphatic carbocycles. The van der Waals surface area contributed by atoms with Gasteiger partial charge in [0.1, 0.15) is 0 Å². The monoisotopic (exact) mass is 121 g/mol. The third-order valence-electron chi connectivity index (χ3n) is 0. The lowest BCUT2D eigenvalue weighted by Crippen LogP contribution is -1.93. The van der Waals surface area contributed by atoms with Crippen molar-refractivity contribution in [2.24, 2.45) is 5.41 Å². The highest BCUT2D eigenvalue weighted by molar-refractivity contribution is 4.47. The Morgan fingerprint density at radius 1 is 0.875 bits per heavy atom. The van der Waals surface area contributed by atoms with Crippen LogP contribution in [0.5, 0.6) is 0 Å². The summed E-state index contributed by atoms with van der Waals surface area (Å²) in [5, 5.41) is 0. The van der Waals surface area contributed by atoms with Crippen molar-refractivity contribution in [3.8, 4) is 0 Å². The summed E-state index contributed by atoms with van der Waals surface area (Å²) in [6, 6.07) is 0. The van der Waals surface area contributed by atoms with Crippen molar-refractivity contribution in [3.05, 3.63) is 0 Å². The first-order valence-electron chi connectivity index (χ1n) is 3.00. The van der Waals surface area contributed by atoms with Gasteiger partial charge in [0.15, 0.2) is 0 Å². The van der Waals surface area contributed by atoms with Crippen LogP contribution in [-0.4, -0.2) is 0 Å². The van der Waals surface area contributed by atoms with Gasteiger partial charge in [-0.05, 0) is 5.41 Å². The highest BCUT2D eigenvalue weighted by Crippen LogP contribution is 2.07. The standard InChI is InChI=1S/C5H12.C2H6.CH4.H2/c1-5(2,3)4;1-2;;/h1-4H3;1-2H3;1H4;1H/i;;;1+1. The largest absolute Gasteiger partial charge is 0.0776 e. The molecule has 0 heteroatoms. The molecule has 0 fully saturated rings. The van der Waals surface area contributed by atoms with Crippen molar-refractivity contribution >= 4 is 0 Å². The van der Waals surface area contributed by atoms with E-state index in [0.29, 0.717) is 5.41 Å². The van der Waals surface area contributed by atoms with E-state index in [1.165, 1.54) is 0 Å². The van der Waals surface area contributed by atoms with Crippen LogP contribution in [0.4, 0.5) is 0 Å². The maximum atomic E-state index is 2.19. The molecule has 0 rings (SSSR count). The normalized spacial score (nSPS) is 8.25. The van der Waals surface area contributed by atoms with E-state index in [2.05, 4.69) is 27.7 Å². The van der Waals surface area contributed by atoms with E-state index in [0.717, 1.165) is 0 Å². The second kappa shape index (κ2) is 7.00. The van der Waals surface area contributed by atoms with E-state index < -0.39 is 0 Å². The molecule has 0 N–H and O–H groups in total. The Bertz CT molecular complexity index is 20.0. The molecule has 0 aromatic carbocycles. The fraction of sp³-hybridized carbons (Fsp3) is 1.00. The molecule has 0 aromatic heterocycles. The van der Waals surface area contributed by atoms with Crippen LogP contribution in [0, 0.1) is 5.41 Å². The SMILES string of the molecule is C.CC.CC(C)(C)C.[2HH]. The summed E-state index contributed by atoms with van der Waals surface area (Å²) in [6.07, 6.45) is 0. The lowest BCUT2D eigenvalue weighted by molar-refractivity contribution is 0.469. The molecule has 0 heterocycles. The maximum absolute atomic E-state index is 2.19. The molecule has 0 atom stereocenters. The molecule has 0 saturated carbocycles. The van der Waals surface area contributed by atoms with E-state index in [9.17, 15) is 0 Å². The third-order valence-corrected chi connectivity index (χ3v) is 0. The summed E-state index contributed by atoms with van der Waals surface area (Å²) in [4.78, 5) is 0. The topological polar surface area (TPSA) is 0 Å². The maximum Gasteiger partial charge on any atom is 0 e. The minimum Gasteiger partial charge on any atom is -0.0776 e. The second-order valence-electron chi connectivity index (χ2n) is 3.00. The first-order chi connectivity index (χ1) is 3.00. The molecule has 0 aliphatic heterocycles. The summed E-state index contributed by atoms with van der Waals surface area (Å²) in [7, 11) is 0. The van der Waals surface area contributed by atoms with Gasteiger partial charge in [0.25, 0.3) is 0 Å². The van der Waals surface area contributed by atoms with Crippen LogP contribution in [-0.2, 0) is 0 Å². The van der Waals surface area contributed by atoms with E-state index in [4.69, 9.17) is 0 Å². The van der Waals surface area contributed by atoms with Gasteiger partial charge in [-0.1, -0.05) is 49.0 Å². The van der Waals surface area contributed by atoms with Crippen molar-refractivity contribution < 1.29 is 1.43 Å². The van der Waals surface area contributed by atoms with E-state index in [1.807, 2.05) is 13.8 Å². The van der Waals surface area contributed by atoms with E-state index in [1.54, 1.807) is 0 Å². The summed E-state index contributed by atoms with van der Waals surface area (Å²) in [5.41, 5.74) is 0.500. The fourth-order valence-corrected chi connectivity index (χ4v) is 0. The van der Waals surface area contributed by atoms with Crippen LogP contribution in [0.3, 0.4) is 0 Å². The lowest BCUT2D eigenvalue weighted by Gasteiger charge is -2.05. The molecule has 0 saturated heterocycles. The van der Waals surface area contributed by atoms with E-state index >= 15 is 0 Å². The first kappa shape index (κ1) is 15.7. The molecule has 8 heavy (non-hydrogen) atoms. The predicted octanol–water partition coefficient (Wildman–Crippen LogP) is 3.96. The molecule has 0 aromatic rings. The van der Waals surface area contributed by atoms with Gasteiger partial charge in [-0.3, -0.25) is 0 Å². The van der Waals surface area contributed by atoms with Crippen molar-refractivity contribution in [2.45, 2.75) is 49.0 Å². The van der Waals surface area contributed by atoms with Crippen LogP contribution >= 0.6 is 0 Å². The Morgan fingerprint density at radius 2 is 0.875 bits per heavy atom. The van der Waals surface area contributed by atoms with Gasteiger partial charge in [0.2, 0.25) is 0 Å². The zero-order valence-electron chi connectivity index (χ0n) is 6.50. The molecular weight excluding hydrogens is 96.1 g/mol. The first-order valence-corrected chi connectivity index (χ1v) is 3.00. The van der Waals surface area contributed by atoms with Crippen LogP contribution in [0.1, 0.15) is 50.4 Å². The second-order valence-corrected chi connectivity index (χ2v) is 3.00.